The Morgan fingerprint density at radius 2 is 2.14 bits per heavy atom. The van der Waals surface area contributed by atoms with Gasteiger partial charge in [0.2, 0.25) is 0 Å². The highest BCUT2D eigenvalue weighted by atomic mass is 16.5. The number of rotatable bonds is 9. The third-order valence-electron chi connectivity index (χ3n) is 5.31. The average molecular weight is 394 g/mol. The second-order valence-corrected chi connectivity index (χ2v) is 7.71. The van der Waals surface area contributed by atoms with Crippen molar-refractivity contribution in [3.63, 3.8) is 0 Å². The normalized spacial score (nSPS) is 13.9. The van der Waals surface area contributed by atoms with Crippen molar-refractivity contribution in [3.8, 4) is 11.1 Å². The Bertz CT molecular complexity index is 1040. The zero-order chi connectivity index (χ0) is 20.4. The summed E-state index contributed by atoms with van der Waals surface area (Å²) in [5, 5.41) is 14.7. The summed E-state index contributed by atoms with van der Waals surface area (Å²) in [6, 6.07) is 2.07. The van der Waals surface area contributed by atoms with Crippen LogP contribution in [-0.4, -0.2) is 37.4 Å². The number of aromatic nitrogens is 4. The van der Waals surface area contributed by atoms with E-state index in [4.69, 9.17) is 9.72 Å². The van der Waals surface area contributed by atoms with Crippen LogP contribution in [0.3, 0.4) is 0 Å². The zero-order valence-corrected chi connectivity index (χ0v) is 16.9. The van der Waals surface area contributed by atoms with Gasteiger partial charge in [0.25, 0.3) is 0 Å². The maximum atomic E-state index is 11.3. The van der Waals surface area contributed by atoms with Crippen LogP contribution in [0.4, 0.5) is 0 Å². The first-order valence-electron chi connectivity index (χ1n) is 10.2. The van der Waals surface area contributed by atoms with Gasteiger partial charge in [-0.25, -0.2) is 9.67 Å². The van der Waals surface area contributed by atoms with E-state index in [-0.39, 0.29) is 6.42 Å². The number of fused-ring (bicyclic) bond motifs is 1. The van der Waals surface area contributed by atoms with Crippen molar-refractivity contribution in [2.24, 2.45) is 5.92 Å². The topological polar surface area (TPSA) is 90.1 Å². The highest BCUT2D eigenvalue weighted by Crippen LogP contribution is 2.35. The lowest BCUT2D eigenvalue weighted by molar-refractivity contribution is -0.136. The molecule has 0 radical (unpaired) electrons. The molecule has 4 rings (SSSR count). The predicted molar refractivity (Wildman–Crippen MR) is 110 cm³/mol. The van der Waals surface area contributed by atoms with Crippen molar-refractivity contribution < 1.29 is 14.6 Å². The van der Waals surface area contributed by atoms with Gasteiger partial charge in [0.1, 0.15) is 0 Å². The number of ether oxygens (including phenoxy) is 1. The number of carboxylic acids is 1. The smallest absolute Gasteiger partial charge is 0.303 e. The van der Waals surface area contributed by atoms with Crippen molar-refractivity contribution in [2.45, 2.75) is 52.7 Å². The predicted octanol–water partition coefficient (Wildman–Crippen LogP) is 3.77. The van der Waals surface area contributed by atoms with Crippen LogP contribution in [0, 0.1) is 12.8 Å². The number of nitrogens with zero attached hydrogens (tertiary/aromatic N) is 4. The monoisotopic (exact) mass is 394 g/mol. The standard InChI is InChI=1S/C22H26N4O3/c1-3-26-22-18(11-24-26)21(16-8-14(2)9-23-10-16)17(6-7-20(27)28)19(25-22)13-29-12-15-4-5-15/h8-11,15H,3-7,12-13H2,1-2H3,(H,27,28). The van der Waals surface area contributed by atoms with Gasteiger partial charge >= 0.3 is 5.97 Å². The van der Waals surface area contributed by atoms with E-state index >= 15 is 0 Å². The van der Waals surface area contributed by atoms with Crippen molar-refractivity contribution >= 4 is 17.0 Å². The van der Waals surface area contributed by atoms with Gasteiger partial charge in [0.15, 0.2) is 5.65 Å². The zero-order valence-electron chi connectivity index (χ0n) is 16.9. The van der Waals surface area contributed by atoms with Crippen LogP contribution in [-0.2, 0) is 29.1 Å². The van der Waals surface area contributed by atoms with E-state index in [0.29, 0.717) is 25.5 Å². The Morgan fingerprint density at radius 3 is 2.83 bits per heavy atom. The number of hydrogen-bond donors (Lipinski definition) is 1. The molecule has 152 valence electrons. The summed E-state index contributed by atoms with van der Waals surface area (Å²) in [5.74, 6) is -0.171. The fourth-order valence-corrected chi connectivity index (χ4v) is 3.66. The quantitative estimate of drug-likeness (QED) is 0.594. The molecular formula is C22H26N4O3. The molecule has 3 aromatic heterocycles. The number of hydrogen-bond acceptors (Lipinski definition) is 5. The minimum Gasteiger partial charge on any atom is -0.481 e. The van der Waals surface area contributed by atoms with Crippen LogP contribution >= 0.6 is 0 Å². The molecule has 3 heterocycles. The average Bonchev–Trinajstić information content (AvgIpc) is 3.43. The number of carboxylic acid groups (broad SMARTS) is 1. The van der Waals surface area contributed by atoms with Crippen LogP contribution in [0.25, 0.3) is 22.2 Å². The molecule has 0 aromatic carbocycles. The van der Waals surface area contributed by atoms with Gasteiger partial charge in [0.05, 0.1) is 18.5 Å². The Labute approximate surface area is 169 Å². The molecule has 1 saturated carbocycles. The third kappa shape index (κ3) is 4.29. The van der Waals surface area contributed by atoms with Gasteiger partial charge in [-0.1, -0.05) is 0 Å². The molecule has 3 aromatic rings. The summed E-state index contributed by atoms with van der Waals surface area (Å²) in [6.45, 7) is 5.85. The minimum atomic E-state index is -0.826. The summed E-state index contributed by atoms with van der Waals surface area (Å²) >= 11 is 0. The molecule has 7 heteroatoms. The van der Waals surface area contributed by atoms with E-state index < -0.39 is 5.97 Å². The molecule has 1 aliphatic rings. The molecule has 1 aliphatic carbocycles. The summed E-state index contributed by atoms with van der Waals surface area (Å²) < 4.78 is 7.82. The molecular weight excluding hydrogens is 368 g/mol. The van der Waals surface area contributed by atoms with Crippen molar-refractivity contribution in [1.29, 1.82) is 0 Å². The second-order valence-electron chi connectivity index (χ2n) is 7.71. The first-order valence-corrected chi connectivity index (χ1v) is 10.2. The Kier molecular flexibility index (Phi) is 5.58. The fraction of sp³-hybridized carbons (Fsp3) is 0.455. The maximum absolute atomic E-state index is 11.3. The van der Waals surface area contributed by atoms with E-state index in [1.165, 1.54) is 12.8 Å². The number of aliphatic carboxylic acids is 1. The van der Waals surface area contributed by atoms with E-state index in [2.05, 4.69) is 16.1 Å². The lowest BCUT2D eigenvalue weighted by Crippen LogP contribution is -2.09. The van der Waals surface area contributed by atoms with Gasteiger partial charge in [-0.05, 0) is 56.2 Å². The molecule has 7 nitrogen and oxygen atoms in total. The molecule has 0 aliphatic heterocycles. The van der Waals surface area contributed by atoms with Crippen molar-refractivity contribution in [2.75, 3.05) is 6.61 Å². The van der Waals surface area contributed by atoms with Gasteiger partial charge in [-0.3, -0.25) is 9.78 Å². The fourth-order valence-electron chi connectivity index (χ4n) is 3.66. The van der Waals surface area contributed by atoms with Crippen molar-refractivity contribution in [3.05, 3.63) is 41.5 Å². The van der Waals surface area contributed by atoms with Gasteiger partial charge < -0.3 is 9.84 Å². The van der Waals surface area contributed by atoms with E-state index in [9.17, 15) is 9.90 Å². The Hall–Kier alpha value is -2.80. The molecule has 1 fully saturated rings. The summed E-state index contributed by atoms with van der Waals surface area (Å²) in [5.41, 5.74) is 5.48. The number of carbonyl (C=O) groups is 1. The summed E-state index contributed by atoms with van der Waals surface area (Å²) in [4.78, 5) is 20.6. The lowest BCUT2D eigenvalue weighted by atomic mass is 9.93. The molecule has 1 N–H and O–H groups in total. The molecule has 0 atom stereocenters. The Morgan fingerprint density at radius 1 is 1.31 bits per heavy atom. The summed E-state index contributed by atoms with van der Waals surface area (Å²) in [7, 11) is 0. The third-order valence-corrected chi connectivity index (χ3v) is 5.31. The van der Waals surface area contributed by atoms with E-state index in [1.54, 1.807) is 0 Å². The number of aryl methyl sites for hydroxylation is 2. The van der Waals surface area contributed by atoms with E-state index in [1.807, 2.05) is 37.1 Å². The number of pyridine rings is 2. The van der Waals surface area contributed by atoms with Crippen LogP contribution in [0.5, 0.6) is 0 Å². The largest absolute Gasteiger partial charge is 0.481 e. The molecule has 0 saturated heterocycles. The Balaban J connectivity index is 1.87. The second kappa shape index (κ2) is 8.29. The van der Waals surface area contributed by atoms with Crippen molar-refractivity contribution in [1.82, 2.24) is 19.7 Å². The van der Waals surface area contributed by atoms with Crippen LogP contribution in [0.1, 0.15) is 43.0 Å². The highest BCUT2D eigenvalue weighted by Gasteiger charge is 2.23. The molecule has 0 unspecified atom stereocenters. The lowest BCUT2D eigenvalue weighted by Gasteiger charge is -2.16. The van der Waals surface area contributed by atoms with E-state index in [0.717, 1.165) is 45.6 Å². The van der Waals surface area contributed by atoms with Crippen LogP contribution in [0.2, 0.25) is 0 Å². The minimum absolute atomic E-state index is 0.0387. The highest BCUT2D eigenvalue weighted by molar-refractivity contribution is 5.95. The SMILES string of the molecule is CCn1ncc2c(-c3cncc(C)c3)c(CCC(=O)O)c(COCC3CC3)nc21. The molecule has 0 bridgehead atoms. The van der Waals surface area contributed by atoms with Gasteiger partial charge in [-0.15, -0.1) is 0 Å². The van der Waals surface area contributed by atoms with Gasteiger partial charge in [-0.2, -0.15) is 5.10 Å². The van der Waals surface area contributed by atoms with Crippen LogP contribution < -0.4 is 0 Å². The van der Waals surface area contributed by atoms with Crippen LogP contribution in [0.15, 0.2) is 24.7 Å². The maximum Gasteiger partial charge on any atom is 0.303 e. The molecule has 29 heavy (non-hydrogen) atoms. The van der Waals surface area contributed by atoms with Gasteiger partial charge in [0, 0.05) is 48.5 Å². The summed E-state index contributed by atoms with van der Waals surface area (Å²) in [6.07, 6.45) is 8.33. The molecule has 0 amide bonds. The first-order chi connectivity index (χ1) is 14.1. The first kappa shape index (κ1) is 19.5. The molecule has 0 spiro atoms.